The van der Waals surface area contributed by atoms with Crippen LogP contribution in [-0.2, 0) is 11.8 Å². The summed E-state index contributed by atoms with van der Waals surface area (Å²) >= 11 is 0. The molecule has 8 heteroatoms. The Labute approximate surface area is 118 Å². The van der Waals surface area contributed by atoms with Crippen LogP contribution in [0.25, 0.3) is 0 Å². The molecular weight excluding hydrogens is 290 g/mol. The Hall–Kier alpha value is -1.60. The van der Waals surface area contributed by atoms with Gasteiger partial charge in [0.2, 0.25) is 11.8 Å². The Bertz CT molecular complexity index is 603. The fourth-order valence-corrected chi connectivity index (χ4v) is 2.77. The van der Waals surface area contributed by atoms with Crippen LogP contribution in [0.15, 0.2) is 0 Å². The fraction of sp³-hybridized carbons (Fsp3) is 0.692. The van der Waals surface area contributed by atoms with Gasteiger partial charge < -0.3 is 5.32 Å². The maximum absolute atomic E-state index is 12.9. The smallest absolute Gasteiger partial charge is 0.260 e. The van der Waals surface area contributed by atoms with Crippen LogP contribution in [-0.4, -0.2) is 27.5 Å². The largest absolute Gasteiger partial charge is 0.310 e. The van der Waals surface area contributed by atoms with Crippen LogP contribution in [0.3, 0.4) is 0 Å². The number of nitrogens with zero attached hydrogens (tertiary/aromatic N) is 2. The van der Waals surface area contributed by atoms with E-state index in [1.54, 1.807) is 14.0 Å². The molecule has 116 valence electrons. The van der Waals surface area contributed by atoms with E-state index in [1.807, 2.05) is 0 Å². The Morgan fingerprint density at radius 3 is 2.33 bits per heavy atom. The maximum Gasteiger partial charge on any atom is 0.260 e. The lowest BCUT2D eigenvalue weighted by molar-refractivity contribution is -0.119. The van der Waals surface area contributed by atoms with Crippen LogP contribution in [0.2, 0.25) is 0 Å². The van der Waals surface area contributed by atoms with E-state index in [-0.39, 0.29) is 18.8 Å². The van der Waals surface area contributed by atoms with Crippen molar-refractivity contribution < 1.29 is 22.4 Å². The van der Waals surface area contributed by atoms with Crippen molar-refractivity contribution in [2.75, 3.05) is 5.32 Å². The molecule has 1 aromatic rings. The van der Waals surface area contributed by atoms with Crippen LogP contribution in [0.4, 0.5) is 23.4 Å². The van der Waals surface area contributed by atoms with Crippen molar-refractivity contribution in [1.82, 2.24) is 9.78 Å². The summed E-state index contributed by atoms with van der Waals surface area (Å²) in [6.45, 7) is 1.65. The summed E-state index contributed by atoms with van der Waals surface area (Å²) in [5.74, 6) is -7.70. The number of aryl methyl sites for hydroxylation is 1. The molecule has 1 atom stereocenters. The topological polar surface area (TPSA) is 46.9 Å². The third-order valence-electron chi connectivity index (χ3n) is 4.18. The number of amides is 1. The van der Waals surface area contributed by atoms with Crippen LogP contribution in [0.1, 0.15) is 36.4 Å². The van der Waals surface area contributed by atoms with Gasteiger partial charge in [-0.2, -0.15) is 5.10 Å². The highest BCUT2D eigenvalue weighted by Crippen LogP contribution is 2.50. The Morgan fingerprint density at radius 2 is 1.86 bits per heavy atom. The Kier molecular flexibility index (Phi) is 2.87. The van der Waals surface area contributed by atoms with Crippen molar-refractivity contribution in [3.05, 3.63) is 11.3 Å². The van der Waals surface area contributed by atoms with Crippen LogP contribution < -0.4 is 5.32 Å². The average Bonchev–Trinajstić information content (AvgIpc) is 2.89. The number of anilines is 1. The molecule has 2 fully saturated rings. The highest BCUT2D eigenvalue weighted by molar-refractivity contribution is 5.95. The molecule has 2 saturated carbocycles. The molecule has 0 bridgehead atoms. The molecule has 1 aromatic heterocycles. The van der Waals surface area contributed by atoms with E-state index in [2.05, 4.69) is 10.4 Å². The molecule has 1 heterocycles. The molecule has 1 N–H and O–H groups in total. The zero-order valence-electron chi connectivity index (χ0n) is 11.6. The Morgan fingerprint density at radius 1 is 1.29 bits per heavy atom. The summed E-state index contributed by atoms with van der Waals surface area (Å²) < 4.78 is 52.9. The molecule has 0 aliphatic heterocycles. The number of carbonyl (C=O) groups excluding carboxylic acids is 1. The van der Waals surface area contributed by atoms with E-state index in [0.717, 1.165) is 0 Å². The summed E-state index contributed by atoms with van der Waals surface area (Å²) in [5.41, 5.74) is 1.07. The number of aromatic nitrogens is 2. The predicted octanol–water partition coefficient (Wildman–Crippen LogP) is 2.83. The molecule has 0 spiro atoms. The molecule has 3 rings (SSSR count). The van der Waals surface area contributed by atoms with Gasteiger partial charge in [-0.1, -0.05) is 0 Å². The van der Waals surface area contributed by atoms with Gasteiger partial charge in [-0.25, -0.2) is 17.6 Å². The van der Waals surface area contributed by atoms with Gasteiger partial charge in [-0.05, 0) is 6.92 Å². The van der Waals surface area contributed by atoms with Gasteiger partial charge in [-0.3, -0.25) is 9.48 Å². The summed E-state index contributed by atoms with van der Waals surface area (Å²) in [4.78, 5) is 11.7. The van der Waals surface area contributed by atoms with Crippen LogP contribution >= 0.6 is 0 Å². The SMILES string of the molecule is Cc1c(C2CC(F)(F)C2)nn(C)c1NC(=O)[C@@H]1CC1(F)F. The normalized spacial score (nSPS) is 26.3. The van der Waals surface area contributed by atoms with Crippen molar-refractivity contribution >= 4 is 11.7 Å². The molecular formula is C13H15F4N3O. The number of halogens is 4. The van der Waals surface area contributed by atoms with E-state index in [0.29, 0.717) is 17.1 Å². The third-order valence-corrected chi connectivity index (χ3v) is 4.18. The second-order valence-electron chi connectivity index (χ2n) is 5.95. The molecule has 21 heavy (non-hydrogen) atoms. The quantitative estimate of drug-likeness (QED) is 0.873. The molecule has 2 aliphatic carbocycles. The highest BCUT2D eigenvalue weighted by Gasteiger charge is 2.61. The molecule has 0 unspecified atom stereocenters. The second kappa shape index (κ2) is 4.20. The molecule has 1 amide bonds. The summed E-state index contributed by atoms with van der Waals surface area (Å²) in [6, 6.07) is 0. The molecule has 0 aromatic carbocycles. The van der Waals surface area contributed by atoms with E-state index < -0.39 is 30.1 Å². The lowest BCUT2D eigenvalue weighted by Crippen LogP contribution is -2.34. The monoisotopic (exact) mass is 305 g/mol. The molecule has 4 nitrogen and oxygen atoms in total. The number of alkyl halides is 4. The van der Waals surface area contributed by atoms with Gasteiger partial charge in [0.1, 0.15) is 11.7 Å². The summed E-state index contributed by atoms with van der Waals surface area (Å²) in [5, 5.41) is 6.58. The number of hydrogen-bond acceptors (Lipinski definition) is 2. The molecule has 0 saturated heterocycles. The predicted molar refractivity (Wildman–Crippen MR) is 66.6 cm³/mol. The zero-order valence-corrected chi connectivity index (χ0v) is 11.6. The van der Waals surface area contributed by atoms with Gasteiger partial charge in [0.05, 0.1) is 5.69 Å². The standard InChI is InChI=1S/C13H15F4N3O/c1-6-9(7-3-12(14,15)4-7)19-20(2)10(6)18-11(21)8-5-13(8,16)17/h7-8H,3-5H2,1-2H3,(H,18,21)/t8-/m0/s1. The lowest BCUT2D eigenvalue weighted by Gasteiger charge is -2.34. The first-order valence-electron chi connectivity index (χ1n) is 6.71. The van der Waals surface area contributed by atoms with Gasteiger partial charge in [0.15, 0.2) is 0 Å². The van der Waals surface area contributed by atoms with Crippen LogP contribution in [0, 0.1) is 12.8 Å². The molecule has 2 aliphatic rings. The van der Waals surface area contributed by atoms with E-state index in [9.17, 15) is 22.4 Å². The first-order chi connectivity index (χ1) is 9.61. The highest BCUT2D eigenvalue weighted by atomic mass is 19.3. The van der Waals surface area contributed by atoms with Crippen LogP contribution in [0.5, 0.6) is 0 Å². The van der Waals surface area contributed by atoms with Gasteiger partial charge >= 0.3 is 0 Å². The minimum atomic E-state index is -2.94. The third kappa shape index (κ3) is 2.40. The summed E-state index contributed by atoms with van der Waals surface area (Å²) in [7, 11) is 1.55. The minimum Gasteiger partial charge on any atom is -0.310 e. The van der Waals surface area contributed by atoms with Gasteiger partial charge in [-0.15, -0.1) is 0 Å². The first-order valence-corrected chi connectivity index (χ1v) is 6.71. The number of nitrogens with one attached hydrogen (secondary N) is 1. The first kappa shape index (κ1) is 14.3. The fourth-order valence-electron chi connectivity index (χ4n) is 2.77. The maximum atomic E-state index is 12.9. The average molecular weight is 305 g/mol. The zero-order chi connectivity index (χ0) is 15.6. The van der Waals surface area contributed by atoms with E-state index >= 15 is 0 Å². The Balaban J connectivity index is 1.75. The number of hydrogen-bond donors (Lipinski definition) is 1. The van der Waals surface area contributed by atoms with Crippen molar-refractivity contribution in [3.63, 3.8) is 0 Å². The summed E-state index contributed by atoms with van der Waals surface area (Å²) in [6.07, 6.45) is -0.977. The number of carbonyl (C=O) groups is 1. The van der Waals surface area contributed by atoms with Gasteiger partial charge in [0.25, 0.3) is 5.92 Å². The lowest BCUT2D eigenvalue weighted by atomic mass is 9.78. The van der Waals surface area contributed by atoms with E-state index in [1.165, 1.54) is 4.68 Å². The second-order valence-corrected chi connectivity index (χ2v) is 5.95. The van der Waals surface area contributed by atoms with E-state index in [4.69, 9.17) is 0 Å². The van der Waals surface area contributed by atoms with Crippen molar-refractivity contribution in [2.24, 2.45) is 13.0 Å². The van der Waals surface area contributed by atoms with Gasteiger partial charge in [0, 0.05) is 37.8 Å². The molecule has 0 radical (unpaired) electrons. The van der Waals surface area contributed by atoms with Crippen molar-refractivity contribution in [2.45, 2.75) is 43.9 Å². The minimum absolute atomic E-state index is 0.265. The number of rotatable bonds is 3. The van der Waals surface area contributed by atoms with Crippen molar-refractivity contribution in [1.29, 1.82) is 0 Å². The van der Waals surface area contributed by atoms with Crippen molar-refractivity contribution in [3.8, 4) is 0 Å².